The Labute approximate surface area is 172 Å². The van der Waals surface area contributed by atoms with Crippen molar-refractivity contribution in [2.24, 2.45) is 5.92 Å². The second kappa shape index (κ2) is 8.09. The van der Waals surface area contributed by atoms with Gasteiger partial charge in [-0.25, -0.2) is 9.67 Å². The van der Waals surface area contributed by atoms with Gasteiger partial charge in [0.05, 0.1) is 23.2 Å². The molecule has 29 heavy (non-hydrogen) atoms. The highest BCUT2D eigenvalue weighted by molar-refractivity contribution is 8.00. The van der Waals surface area contributed by atoms with E-state index in [0.29, 0.717) is 16.2 Å². The van der Waals surface area contributed by atoms with E-state index in [1.165, 1.54) is 6.20 Å². The third kappa shape index (κ3) is 4.17. The lowest BCUT2D eigenvalue weighted by atomic mass is 9.90. The second-order valence-corrected chi connectivity index (χ2v) is 8.55. The molecule has 0 aliphatic rings. The number of nitrogens with one attached hydrogen (secondary N) is 2. The number of H-pyrrole nitrogens is 1. The summed E-state index contributed by atoms with van der Waals surface area (Å²) in [5, 5.41) is 16.6. The number of hydrogen-bond acceptors (Lipinski definition) is 6. The van der Waals surface area contributed by atoms with Crippen LogP contribution < -0.4 is 10.9 Å². The van der Waals surface area contributed by atoms with E-state index >= 15 is 0 Å². The van der Waals surface area contributed by atoms with E-state index in [4.69, 9.17) is 0 Å². The van der Waals surface area contributed by atoms with Gasteiger partial charge in [0.25, 0.3) is 5.56 Å². The zero-order valence-electron chi connectivity index (χ0n) is 16.6. The predicted molar refractivity (Wildman–Crippen MR) is 112 cm³/mol. The highest BCUT2D eigenvalue weighted by Crippen LogP contribution is 2.23. The minimum atomic E-state index is -0.970. The number of aromatic amines is 1. The van der Waals surface area contributed by atoms with Gasteiger partial charge >= 0.3 is 0 Å². The van der Waals surface area contributed by atoms with Crippen molar-refractivity contribution in [1.29, 1.82) is 5.26 Å². The molecule has 0 aliphatic heterocycles. The summed E-state index contributed by atoms with van der Waals surface area (Å²) >= 11 is 1.12. The quantitative estimate of drug-likeness (QED) is 0.477. The number of carbonyl (C=O) groups is 1. The van der Waals surface area contributed by atoms with Crippen molar-refractivity contribution in [2.75, 3.05) is 0 Å². The third-order valence-electron chi connectivity index (χ3n) is 4.84. The molecule has 0 fully saturated rings. The number of hydrogen-bond donors (Lipinski definition) is 2. The van der Waals surface area contributed by atoms with Crippen LogP contribution in [0.2, 0.25) is 0 Å². The van der Waals surface area contributed by atoms with Crippen LogP contribution in [0.3, 0.4) is 0 Å². The SMILES string of the molecule is CC(Sc1nc2c(cnn2-c2ccccc2)c(=O)[nH]1)C(=O)NC(C)(C#N)C(C)C. The minimum Gasteiger partial charge on any atom is -0.337 e. The summed E-state index contributed by atoms with van der Waals surface area (Å²) in [6.07, 6.45) is 1.47. The third-order valence-corrected chi connectivity index (χ3v) is 5.83. The maximum Gasteiger partial charge on any atom is 0.262 e. The van der Waals surface area contributed by atoms with E-state index in [0.717, 1.165) is 17.4 Å². The summed E-state index contributed by atoms with van der Waals surface area (Å²) < 4.78 is 1.59. The zero-order chi connectivity index (χ0) is 21.2. The molecule has 2 heterocycles. The Morgan fingerprint density at radius 2 is 2.00 bits per heavy atom. The molecule has 3 rings (SSSR count). The summed E-state index contributed by atoms with van der Waals surface area (Å²) in [6.45, 7) is 7.15. The van der Waals surface area contributed by atoms with Crippen LogP contribution in [0.5, 0.6) is 0 Å². The molecule has 150 valence electrons. The number of para-hydroxylation sites is 1. The van der Waals surface area contributed by atoms with Crippen LogP contribution >= 0.6 is 11.8 Å². The van der Waals surface area contributed by atoms with Gasteiger partial charge in [-0.15, -0.1) is 0 Å². The molecule has 0 aliphatic carbocycles. The van der Waals surface area contributed by atoms with Gasteiger partial charge in [-0.05, 0) is 31.9 Å². The Hall–Kier alpha value is -3.12. The summed E-state index contributed by atoms with van der Waals surface area (Å²) in [7, 11) is 0. The van der Waals surface area contributed by atoms with Crippen molar-refractivity contribution in [3.8, 4) is 11.8 Å². The average molecular weight is 411 g/mol. The Morgan fingerprint density at radius 1 is 1.31 bits per heavy atom. The van der Waals surface area contributed by atoms with Crippen LogP contribution in [0, 0.1) is 17.2 Å². The highest BCUT2D eigenvalue weighted by Gasteiger charge is 2.32. The largest absolute Gasteiger partial charge is 0.337 e. The highest BCUT2D eigenvalue weighted by atomic mass is 32.2. The molecule has 2 atom stereocenters. The Kier molecular flexibility index (Phi) is 5.75. The lowest BCUT2D eigenvalue weighted by molar-refractivity contribution is -0.121. The normalized spacial score (nSPS) is 14.3. The van der Waals surface area contributed by atoms with E-state index in [1.807, 2.05) is 44.2 Å². The maximum absolute atomic E-state index is 12.6. The fraction of sp³-hybridized carbons (Fsp3) is 0.350. The molecule has 0 saturated heterocycles. The summed E-state index contributed by atoms with van der Waals surface area (Å²) in [5.41, 5.74) is -0.0951. The van der Waals surface area contributed by atoms with Gasteiger partial charge in [-0.2, -0.15) is 10.4 Å². The van der Waals surface area contributed by atoms with Crippen molar-refractivity contribution in [2.45, 2.75) is 43.6 Å². The van der Waals surface area contributed by atoms with Crippen LogP contribution in [-0.4, -0.2) is 36.4 Å². The Bertz CT molecular complexity index is 1130. The number of benzene rings is 1. The first-order valence-electron chi connectivity index (χ1n) is 9.18. The van der Waals surface area contributed by atoms with E-state index in [2.05, 4.69) is 26.5 Å². The standard InChI is InChI=1S/C20H22N6O2S/c1-12(2)20(4,11-21)25-17(27)13(3)29-19-23-16-15(18(28)24-19)10-22-26(16)14-8-6-5-7-9-14/h5-10,12-13H,1-4H3,(H,25,27)(H,23,24,28). The first-order valence-corrected chi connectivity index (χ1v) is 10.1. The predicted octanol–water partition coefficient (Wildman–Crippen LogP) is 2.64. The van der Waals surface area contributed by atoms with E-state index < -0.39 is 10.8 Å². The van der Waals surface area contributed by atoms with Crippen LogP contribution in [0.25, 0.3) is 16.7 Å². The molecule has 9 heteroatoms. The maximum atomic E-state index is 12.6. The molecule has 8 nitrogen and oxygen atoms in total. The van der Waals surface area contributed by atoms with Gasteiger partial charge in [0.2, 0.25) is 5.91 Å². The van der Waals surface area contributed by atoms with Crippen LogP contribution in [-0.2, 0) is 4.79 Å². The number of fused-ring (bicyclic) bond motifs is 1. The van der Waals surface area contributed by atoms with Gasteiger partial charge in [0, 0.05) is 0 Å². The van der Waals surface area contributed by atoms with Crippen molar-refractivity contribution in [1.82, 2.24) is 25.1 Å². The van der Waals surface area contributed by atoms with E-state index in [9.17, 15) is 14.9 Å². The van der Waals surface area contributed by atoms with E-state index in [-0.39, 0.29) is 17.4 Å². The van der Waals surface area contributed by atoms with Crippen molar-refractivity contribution in [3.05, 3.63) is 46.9 Å². The first kappa shape index (κ1) is 20.6. The van der Waals surface area contributed by atoms with E-state index in [1.54, 1.807) is 18.5 Å². The molecule has 0 bridgehead atoms. The summed E-state index contributed by atoms with van der Waals surface area (Å²) in [6, 6.07) is 11.5. The van der Waals surface area contributed by atoms with Crippen LogP contribution in [0.4, 0.5) is 0 Å². The molecular weight excluding hydrogens is 388 g/mol. The van der Waals surface area contributed by atoms with Crippen molar-refractivity contribution >= 4 is 28.7 Å². The lowest BCUT2D eigenvalue weighted by Crippen LogP contribution is -2.51. The molecule has 3 aromatic rings. The molecule has 1 aromatic carbocycles. The van der Waals surface area contributed by atoms with Gasteiger partial charge in [-0.1, -0.05) is 43.8 Å². The lowest BCUT2D eigenvalue weighted by Gasteiger charge is -2.28. The molecule has 0 radical (unpaired) electrons. The first-order chi connectivity index (χ1) is 13.7. The number of nitriles is 1. The molecule has 0 saturated carbocycles. The minimum absolute atomic E-state index is 0.0526. The Morgan fingerprint density at radius 3 is 2.62 bits per heavy atom. The van der Waals surface area contributed by atoms with Crippen LogP contribution in [0.1, 0.15) is 27.7 Å². The van der Waals surface area contributed by atoms with Gasteiger partial charge in [0.15, 0.2) is 10.8 Å². The number of thioether (sulfide) groups is 1. The fourth-order valence-electron chi connectivity index (χ4n) is 2.59. The van der Waals surface area contributed by atoms with Gasteiger partial charge < -0.3 is 10.3 Å². The van der Waals surface area contributed by atoms with Crippen molar-refractivity contribution < 1.29 is 4.79 Å². The molecular formula is C20H22N6O2S. The van der Waals surface area contributed by atoms with Crippen molar-refractivity contribution in [3.63, 3.8) is 0 Å². The fourth-order valence-corrected chi connectivity index (χ4v) is 3.38. The Balaban J connectivity index is 1.88. The smallest absolute Gasteiger partial charge is 0.262 e. The average Bonchev–Trinajstić information content (AvgIpc) is 3.12. The van der Waals surface area contributed by atoms with Crippen LogP contribution in [0.15, 0.2) is 46.5 Å². The molecule has 2 aromatic heterocycles. The molecule has 2 N–H and O–H groups in total. The topological polar surface area (TPSA) is 116 Å². The number of rotatable bonds is 6. The summed E-state index contributed by atoms with van der Waals surface area (Å²) in [4.78, 5) is 32.3. The number of aromatic nitrogens is 4. The zero-order valence-corrected chi connectivity index (χ0v) is 17.4. The molecule has 0 spiro atoms. The molecule has 1 amide bonds. The van der Waals surface area contributed by atoms with Gasteiger partial charge in [-0.3, -0.25) is 9.59 Å². The monoisotopic (exact) mass is 410 g/mol. The molecule has 2 unspecified atom stereocenters. The van der Waals surface area contributed by atoms with Gasteiger partial charge in [0.1, 0.15) is 10.9 Å². The number of carbonyl (C=O) groups excluding carboxylic acids is 1. The summed E-state index contributed by atoms with van der Waals surface area (Å²) in [5.74, 6) is -0.352. The second-order valence-electron chi connectivity index (χ2n) is 7.22. The number of amides is 1. The number of nitrogens with zero attached hydrogens (tertiary/aromatic N) is 4.